The van der Waals surface area contributed by atoms with Crippen molar-refractivity contribution in [2.45, 2.75) is 13.8 Å². The molecule has 0 saturated heterocycles. The van der Waals surface area contributed by atoms with Crippen LogP contribution in [-0.2, 0) is 0 Å². The Bertz CT molecular complexity index is 611. The first-order valence-corrected chi connectivity index (χ1v) is 6.33. The number of benzene rings is 2. The molecule has 3 nitrogen and oxygen atoms in total. The standard InChI is InChI=1S/C15H15ClN2O/c1-10-4-3-5-12(8-10)15(19)18-17-13-7-6-11(2)14(16)9-13/h3-9,17H,1-2H3,(H,18,19). The fraction of sp³-hybridized carbons (Fsp3) is 0.133. The molecule has 2 rings (SSSR count). The van der Waals surface area contributed by atoms with Gasteiger partial charge < -0.3 is 0 Å². The van der Waals surface area contributed by atoms with E-state index in [0.717, 1.165) is 16.8 Å². The largest absolute Gasteiger partial charge is 0.298 e. The van der Waals surface area contributed by atoms with Gasteiger partial charge in [-0.25, -0.2) is 0 Å². The third kappa shape index (κ3) is 3.48. The summed E-state index contributed by atoms with van der Waals surface area (Å²) in [4.78, 5) is 11.9. The van der Waals surface area contributed by atoms with Gasteiger partial charge in [-0.05, 0) is 43.7 Å². The van der Waals surface area contributed by atoms with Crippen LogP contribution >= 0.6 is 11.6 Å². The highest BCUT2D eigenvalue weighted by molar-refractivity contribution is 6.31. The quantitative estimate of drug-likeness (QED) is 0.838. The van der Waals surface area contributed by atoms with E-state index in [1.807, 2.05) is 44.2 Å². The van der Waals surface area contributed by atoms with E-state index in [0.29, 0.717) is 10.6 Å². The molecule has 0 aliphatic carbocycles. The number of aryl methyl sites for hydroxylation is 2. The van der Waals surface area contributed by atoms with Gasteiger partial charge in [0.1, 0.15) is 0 Å². The summed E-state index contributed by atoms with van der Waals surface area (Å²) < 4.78 is 0. The van der Waals surface area contributed by atoms with Gasteiger partial charge in [0.15, 0.2) is 0 Å². The normalized spacial score (nSPS) is 10.1. The van der Waals surface area contributed by atoms with Crippen LogP contribution in [0.2, 0.25) is 5.02 Å². The van der Waals surface area contributed by atoms with Gasteiger partial charge >= 0.3 is 0 Å². The number of nitrogens with one attached hydrogen (secondary N) is 2. The molecule has 0 spiro atoms. The van der Waals surface area contributed by atoms with Crippen LogP contribution in [0.4, 0.5) is 5.69 Å². The minimum absolute atomic E-state index is 0.180. The fourth-order valence-corrected chi connectivity index (χ4v) is 1.84. The first-order chi connectivity index (χ1) is 9.06. The molecule has 0 unspecified atom stereocenters. The van der Waals surface area contributed by atoms with Gasteiger partial charge in [0.25, 0.3) is 5.91 Å². The summed E-state index contributed by atoms with van der Waals surface area (Å²) >= 11 is 6.01. The zero-order valence-electron chi connectivity index (χ0n) is 10.8. The first kappa shape index (κ1) is 13.4. The Morgan fingerprint density at radius 1 is 1.11 bits per heavy atom. The first-order valence-electron chi connectivity index (χ1n) is 5.95. The molecule has 2 aromatic rings. The fourth-order valence-electron chi connectivity index (χ4n) is 1.66. The van der Waals surface area contributed by atoms with Crippen LogP contribution in [0.25, 0.3) is 0 Å². The maximum atomic E-state index is 11.9. The molecule has 0 saturated carbocycles. The highest BCUT2D eigenvalue weighted by Crippen LogP contribution is 2.19. The van der Waals surface area contributed by atoms with Crippen molar-refractivity contribution in [2.24, 2.45) is 0 Å². The molecule has 0 fully saturated rings. The average Bonchev–Trinajstić information content (AvgIpc) is 2.40. The van der Waals surface area contributed by atoms with E-state index in [9.17, 15) is 4.79 Å². The Kier molecular flexibility index (Phi) is 4.07. The number of anilines is 1. The van der Waals surface area contributed by atoms with E-state index < -0.39 is 0 Å². The lowest BCUT2D eigenvalue weighted by Crippen LogP contribution is -2.29. The predicted molar refractivity (Wildman–Crippen MR) is 78.5 cm³/mol. The number of rotatable bonds is 3. The van der Waals surface area contributed by atoms with Crippen LogP contribution in [0, 0.1) is 13.8 Å². The smallest absolute Gasteiger partial charge is 0.269 e. The van der Waals surface area contributed by atoms with Crippen molar-refractivity contribution in [3.05, 3.63) is 64.2 Å². The molecule has 98 valence electrons. The topological polar surface area (TPSA) is 41.1 Å². The zero-order chi connectivity index (χ0) is 13.8. The van der Waals surface area contributed by atoms with Crippen LogP contribution in [0.3, 0.4) is 0 Å². The summed E-state index contributed by atoms with van der Waals surface area (Å²) in [5.41, 5.74) is 8.90. The summed E-state index contributed by atoms with van der Waals surface area (Å²) in [6, 6.07) is 12.9. The Morgan fingerprint density at radius 3 is 2.58 bits per heavy atom. The number of carbonyl (C=O) groups excluding carboxylic acids is 1. The minimum atomic E-state index is -0.180. The van der Waals surface area contributed by atoms with E-state index >= 15 is 0 Å². The lowest BCUT2D eigenvalue weighted by molar-refractivity contribution is 0.0962. The molecule has 0 heterocycles. The summed E-state index contributed by atoms with van der Waals surface area (Å²) in [6.07, 6.45) is 0. The molecule has 0 aromatic heterocycles. The average molecular weight is 275 g/mol. The predicted octanol–water partition coefficient (Wildman–Crippen LogP) is 3.71. The summed E-state index contributed by atoms with van der Waals surface area (Å²) in [7, 11) is 0. The van der Waals surface area contributed by atoms with Gasteiger partial charge in [0.05, 0.1) is 5.69 Å². The van der Waals surface area contributed by atoms with E-state index in [-0.39, 0.29) is 5.91 Å². The van der Waals surface area contributed by atoms with E-state index in [2.05, 4.69) is 10.9 Å². The number of hydrazine groups is 1. The van der Waals surface area contributed by atoms with Crippen LogP contribution < -0.4 is 10.9 Å². The monoisotopic (exact) mass is 274 g/mol. The molecule has 19 heavy (non-hydrogen) atoms. The van der Waals surface area contributed by atoms with Crippen molar-refractivity contribution in [1.82, 2.24) is 5.43 Å². The van der Waals surface area contributed by atoms with Crippen LogP contribution in [0.1, 0.15) is 21.5 Å². The van der Waals surface area contributed by atoms with E-state index in [1.165, 1.54) is 0 Å². The maximum absolute atomic E-state index is 11.9. The Hall–Kier alpha value is -2.00. The molecule has 1 amide bonds. The van der Waals surface area contributed by atoms with Crippen molar-refractivity contribution in [3.63, 3.8) is 0 Å². The highest BCUT2D eigenvalue weighted by atomic mass is 35.5. The minimum Gasteiger partial charge on any atom is -0.298 e. The SMILES string of the molecule is Cc1cccc(C(=O)NNc2ccc(C)c(Cl)c2)c1. The molecule has 0 aliphatic rings. The van der Waals surface area contributed by atoms with Gasteiger partial charge in [0.2, 0.25) is 0 Å². The number of halogens is 1. The van der Waals surface area contributed by atoms with Gasteiger partial charge in [-0.15, -0.1) is 0 Å². The van der Waals surface area contributed by atoms with Gasteiger partial charge in [-0.3, -0.25) is 15.6 Å². The molecule has 0 radical (unpaired) electrons. The summed E-state index contributed by atoms with van der Waals surface area (Å²) in [5.74, 6) is -0.180. The third-order valence-electron chi connectivity index (χ3n) is 2.77. The second kappa shape index (κ2) is 5.76. The highest BCUT2D eigenvalue weighted by Gasteiger charge is 2.05. The second-order valence-corrected chi connectivity index (χ2v) is 4.82. The van der Waals surface area contributed by atoms with Crippen molar-refractivity contribution in [1.29, 1.82) is 0 Å². The molecule has 2 aromatic carbocycles. The lowest BCUT2D eigenvalue weighted by atomic mass is 10.1. The van der Waals surface area contributed by atoms with Crippen LogP contribution in [0.5, 0.6) is 0 Å². The molecular weight excluding hydrogens is 260 g/mol. The summed E-state index contributed by atoms with van der Waals surface area (Å²) in [6.45, 7) is 3.88. The van der Waals surface area contributed by atoms with Crippen molar-refractivity contribution >= 4 is 23.2 Å². The van der Waals surface area contributed by atoms with E-state index in [1.54, 1.807) is 12.1 Å². The van der Waals surface area contributed by atoms with Crippen molar-refractivity contribution < 1.29 is 4.79 Å². The van der Waals surface area contributed by atoms with Crippen LogP contribution in [-0.4, -0.2) is 5.91 Å². The lowest BCUT2D eigenvalue weighted by Gasteiger charge is -2.10. The Morgan fingerprint density at radius 2 is 1.89 bits per heavy atom. The molecule has 4 heteroatoms. The van der Waals surface area contributed by atoms with Gasteiger partial charge in [-0.2, -0.15) is 0 Å². The third-order valence-corrected chi connectivity index (χ3v) is 3.18. The van der Waals surface area contributed by atoms with Gasteiger partial charge in [-0.1, -0.05) is 35.4 Å². The zero-order valence-corrected chi connectivity index (χ0v) is 11.6. The Labute approximate surface area is 117 Å². The van der Waals surface area contributed by atoms with E-state index in [4.69, 9.17) is 11.6 Å². The maximum Gasteiger partial charge on any atom is 0.269 e. The Balaban J connectivity index is 2.02. The second-order valence-electron chi connectivity index (χ2n) is 4.41. The molecule has 0 bridgehead atoms. The van der Waals surface area contributed by atoms with Crippen molar-refractivity contribution in [2.75, 3.05) is 5.43 Å². The number of amides is 1. The number of hydrogen-bond acceptors (Lipinski definition) is 2. The summed E-state index contributed by atoms with van der Waals surface area (Å²) in [5, 5.41) is 0.662. The molecule has 0 atom stereocenters. The number of carbonyl (C=O) groups is 1. The van der Waals surface area contributed by atoms with Gasteiger partial charge in [0, 0.05) is 10.6 Å². The van der Waals surface area contributed by atoms with Crippen LogP contribution in [0.15, 0.2) is 42.5 Å². The number of hydrogen-bond donors (Lipinski definition) is 2. The van der Waals surface area contributed by atoms with Crippen molar-refractivity contribution in [3.8, 4) is 0 Å². The molecular formula is C15H15ClN2O. The molecule has 2 N–H and O–H groups in total. The molecule has 0 aliphatic heterocycles.